The van der Waals surface area contributed by atoms with Crippen LogP contribution in [0.1, 0.15) is 13.3 Å². The van der Waals surface area contributed by atoms with Crippen molar-refractivity contribution >= 4 is 50.0 Å². The van der Waals surface area contributed by atoms with Crippen molar-refractivity contribution in [2.45, 2.75) is 19.9 Å². The molecule has 1 heterocycles. The van der Waals surface area contributed by atoms with E-state index in [2.05, 4.69) is 31.5 Å². The second-order valence-corrected chi connectivity index (χ2v) is 6.88. The van der Waals surface area contributed by atoms with Crippen LogP contribution in [-0.4, -0.2) is 21.4 Å². The van der Waals surface area contributed by atoms with E-state index in [1.165, 1.54) is 17.8 Å². The lowest BCUT2D eigenvalue weighted by Crippen LogP contribution is -2.23. The number of nitrogens with one attached hydrogen (secondary N) is 2. The van der Waals surface area contributed by atoms with Gasteiger partial charge in [0.15, 0.2) is 0 Å². The predicted molar refractivity (Wildman–Crippen MR) is 108 cm³/mol. The van der Waals surface area contributed by atoms with E-state index in [1.807, 2.05) is 6.07 Å². The highest BCUT2D eigenvalue weighted by molar-refractivity contribution is 9.10. The molecule has 3 aromatic rings. The number of halogens is 1. The number of aryl methyl sites for hydroxylation is 1. The Labute approximate surface area is 163 Å². The smallest absolute Gasteiger partial charge is 0.261 e. The number of fused-ring (bicyclic) bond motifs is 1. The molecule has 0 fully saturated rings. The molecule has 3 rings (SSSR count). The average molecular weight is 429 g/mol. The number of benzene rings is 2. The number of hydrogen-bond donors (Lipinski definition) is 2. The SMILES string of the molecule is CC(=O)Nc1ccc(NC(=O)CCn2cnc3ccc(Br)cc3c2=O)cc1. The minimum atomic E-state index is -0.219. The second-order valence-electron chi connectivity index (χ2n) is 5.96. The summed E-state index contributed by atoms with van der Waals surface area (Å²) in [5.74, 6) is -0.378. The van der Waals surface area contributed by atoms with Gasteiger partial charge in [-0.3, -0.25) is 19.0 Å². The Morgan fingerprint density at radius 3 is 2.41 bits per heavy atom. The van der Waals surface area contributed by atoms with Crippen LogP contribution in [0.15, 0.2) is 58.1 Å². The van der Waals surface area contributed by atoms with E-state index < -0.39 is 0 Å². The highest BCUT2D eigenvalue weighted by atomic mass is 79.9. The third-order valence-electron chi connectivity index (χ3n) is 3.85. The Balaban J connectivity index is 1.64. The summed E-state index contributed by atoms with van der Waals surface area (Å²) in [6.45, 7) is 1.65. The van der Waals surface area contributed by atoms with Crippen molar-refractivity contribution in [3.8, 4) is 0 Å². The molecule has 8 heteroatoms. The van der Waals surface area contributed by atoms with Crippen molar-refractivity contribution in [2.24, 2.45) is 0 Å². The fourth-order valence-electron chi connectivity index (χ4n) is 2.58. The van der Waals surface area contributed by atoms with E-state index in [1.54, 1.807) is 36.4 Å². The zero-order valence-corrected chi connectivity index (χ0v) is 16.1. The van der Waals surface area contributed by atoms with Gasteiger partial charge in [0.1, 0.15) is 0 Å². The van der Waals surface area contributed by atoms with E-state index in [4.69, 9.17) is 0 Å². The summed E-state index contributed by atoms with van der Waals surface area (Å²) < 4.78 is 2.22. The molecule has 2 N–H and O–H groups in total. The molecule has 1 aromatic heterocycles. The summed E-state index contributed by atoms with van der Waals surface area (Å²) in [5.41, 5.74) is 1.69. The van der Waals surface area contributed by atoms with E-state index in [0.717, 1.165) is 4.47 Å². The lowest BCUT2D eigenvalue weighted by Gasteiger charge is -2.09. The van der Waals surface area contributed by atoms with Crippen molar-refractivity contribution in [3.63, 3.8) is 0 Å². The molecule has 0 aliphatic rings. The van der Waals surface area contributed by atoms with Crippen molar-refractivity contribution in [1.82, 2.24) is 9.55 Å². The highest BCUT2D eigenvalue weighted by Crippen LogP contribution is 2.15. The molecule has 0 aliphatic carbocycles. The van der Waals surface area contributed by atoms with Crippen LogP contribution in [0.4, 0.5) is 11.4 Å². The molecule has 0 bridgehead atoms. The molecule has 0 unspecified atom stereocenters. The first-order valence-electron chi connectivity index (χ1n) is 8.24. The maximum Gasteiger partial charge on any atom is 0.261 e. The van der Waals surface area contributed by atoms with Crippen LogP contribution in [0.2, 0.25) is 0 Å². The molecule has 0 saturated heterocycles. The van der Waals surface area contributed by atoms with Gasteiger partial charge in [0.05, 0.1) is 17.2 Å². The first-order chi connectivity index (χ1) is 12.9. The summed E-state index contributed by atoms with van der Waals surface area (Å²) in [7, 11) is 0. The van der Waals surface area contributed by atoms with E-state index in [0.29, 0.717) is 22.3 Å². The molecule has 2 amide bonds. The molecular weight excluding hydrogens is 412 g/mol. The number of hydrogen-bond acceptors (Lipinski definition) is 4. The lowest BCUT2D eigenvalue weighted by molar-refractivity contribution is -0.116. The maximum absolute atomic E-state index is 12.5. The van der Waals surface area contributed by atoms with Crippen molar-refractivity contribution in [2.75, 3.05) is 10.6 Å². The zero-order valence-electron chi connectivity index (χ0n) is 14.5. The lowest BCUT2D eigenvalue weighted by atomic mass is 10.2. The van der Waals surface area contributed by atoms with Crippen LogP contribution in [0, 0.1) is 0 Å². The van der Waals surface area contributed by atoms with Gasteiger partial charge in [-0.1, -0.05) is 15.9 Å². The highest BCUT2D eigenvalue weighted by Gasteiger charge is 2.08. The van der Waals surface area contributed by atoms with Crippen LogP contribution >= 0.6 is 15.9 Å². The van der Waals surface area contributed by atoms with Gasteiger partial charge in [0.25, 0.3) is 5.56 Å². The molecule has 7 nitrogen and oxygen atoms in total. The Hall–Kier alpha value is -3.00. The number of anilines is 2. The molecule has 138 valence electrons. The van der Waals surface area contributed by atoms with Gasteiger partial charge in [-0.25, -0.2) is 4.98 Å². The summed E-state index contributed by atoms with van der Waals surface area (Å²) in [6.07, 6.45) is 1.59. The summed E-state index contributed by atoms with van der Waals surface area (Å²) in [5, 5.41) is 5.92. The Morgan fingerprint density at radius 1 is 1.07 bits per heavy atom. The quantitative estimate of drug-likeness (QED) is 0.652. The summed E-state index contributed by atoms with van der Waals surface area (Å²) in [6, 6.07) is 12.1. The maximum atomic E-state index is 12.5. The van der Waals surface area contributed by atoms with Crippen LogP contribution in [0.3, 0.4) is 0 Å². The van der Waals surface area contributed by atoms with Crippen molar-refractivity contribution in [1.29, 1.82) is 0 Å². The van der Waals surface area contributed by atoms with E-state index in [9.17, 15) is 14.4 Å². The molecule has 0 aliphatic heterocycles. The number of carbonyl (C=O) groups excluding carboxylic acids is 2. The third-order valence-corrected chi connectivity index (χ3v) is 4.35. The monoisotopic (exact) mass is 428 g/mol. The van der Waals surface area contributed by atoms with Crippen LogP contribution in [-0.2, 0) is 16.1 Å². The number of amides is 2. The van der Waals surface area contributed by atoms with Gasteiger partial charge < -0.3 is 10.6 Å². The Kier molecular flexibility index (Phi) is 5.66. The molecule has 2 aromatic carbocycles. The predicted octanol–water partition coefficient (Wildman–Crippen LogP) is 3.15. The normalized spacial score (nSPS) is 10.6. The minimum absolute atomic E-state index is 0.133. The van der Waals surface area contributed by atoms with Gasteiger partial charge in [0, 0.05) is 35.7 Å². The molecule has 0 spiro atoms. The van der Waals surface area contributed by atoms with E-state index in [-0.39, 0.29) is 30.3 Å². The second kappa shape index (κ2) is 8.13. The molecule has 27 heavy (non-hydrogen) atoms. The largest absolute Gasteiger partial charge is 0.326 e. The topological polar surface area (TPSA) is 93.1 Å². The number of aromatic nitrogens is 2. The number of carbonyl (C=O) groups is 2. The standard InChI is InChI=1S/C19H17BrN4O3/c1-12(25)22-14-3-5-15(6-4-14)23-18(26)8-9-24-11-21-17-7-2-13(20)10-16(17)19(24)27/h2-7,10-11H,8-9H2,1H3,(H,22,25)(H,23,26). The first kappa shape index (κ1) is 18.8. The number of rotatable bonds is 5. The molecule has 0 saturated carbocycles. The fraction of sp³-hybridized carbons (Fsp3) is 0.158. The Morgan fingerprint density at radius 2 is 1.74 bits per heavy atom. The van der Waals surface area contributed by atoms with Gasteiger partial charge in [0.2, 0.25) is 11.8 Å². The number of nitrogens with zero attached hydrogens (tertiary/aromatic N) is 2. The van der Waals surface area contributed by atoms with Gasteiger partial charge in [-0.15, -0.1) is 0 Å². The summed E-state index contributed by atoms with van der Waals surface area (Å²) >= 11 is 3.35. The average Bonchev–Trinajstić information content (AvgIpc) is 2.63. The van der Waals surface area contributed by atoms with Gasteiger partial charge in [-0.05, 0) is 42.5 Å². The van der Waals surface area contributed by atoms with Crippen molar-refractivity contribution in [3.05, 3.63) is 63.6 Å². The van der Waals surface area contributed by atoms with Crippen LogP contribution < -0.4 is 16.2 Å². The fourth-order valence-corrected chi connectivity index (χ4v) is 2.94. The molecule has 0 radical (unpaired) electrons. The van der Waals surface area contributed by atoms with Crippen LogP contribution in [0.25, 0.3) is 10.9 Å². The minimum Gasteiger partial charge on any atom is -0.326 e. The van der Waals surface area contributed by atoms with Gasteiger partial charge >= 0.3 is 0 Å². The Bertz CT molecular complexity index is 1060. The van der Waals surface area contributed by atoms with Crippen LogP contribution in [0.5, 0.6) is 0 Å². The third kappa shape index (κ3) is 4.79. The molecular formula is C19H17BrN4O3. The zero-order chi connectivity index (χ0) is 19.4. The summed E-state index contributed by atoms with van der Waals surface area (Å²) in [4.78, 5) is 39.9. The van der Waals surface area contributed by atoms with E-state index >= 15 is 0 Å². The molecule has 0 atom stereocenters. The van der Waals surface area contributed by atoms with Gasteiger partial charge in [-0.2, -0.15) is 0 Å². The van der Waals surface area contributed by atoms with Crippen molar-refractivity contribution < 1.29 is 9.59 Å². The first-order valence-corrected chi connectivity index (χ1v) is 9.04.